The van der Waals surface area contributed by atoms with Crippen LogP contribution in [0.15, 0.2) is 15.8 Å². The van der Waals surface area contributed by atoms with Gasteiger partial charge >= 0.3 is 5.69 Å². The molecule has 20 heavy (non-hydrogen) atoms. The number of H-pyrrole nitrogens is 1. The number of hydrogen-bond acceptors (Lipinski definition) is 6. The maximum atomic E-state index is 13.3. The zero-order valence-electron chi connectivity index (χ0n) is 10.5. The lowest BCUT2D eigenvalue weighted by Gasteiger charge is -2.27. The van der Waals surface area contributed by atoms with Crippen LogP contribution in [0.2, 0.25) is 0 Å². The highest BCUT2D eigenvalue weighted by Gasteiger charge is 2.51. The van der Waals surface area contributed by atoms with E-state index in [0.29, 0.717) is 10.8 Å². The molecular formula is C11H13FN2O6. The Morgan fingerprint density at radius 2 is 2.30 bits per heavy atom. The fourth-order valence-electron chi connectivity index (χ4n) is 2.22. The van der Waals surface area contributed by atoms with E-state index in [1.54, 1.807) is 4.98 Å². The van der Waals surface area contributed by atoms with Crippen LogP contribution in [0.5, 0.6) is 0 Å². The van der Waals surface area contributed by atoms with E-state index >= 15 is 0 Å². The Hall–Kier alpha value is -1.84. The molecule has 1 fully saturated rings. The van der Waals surface area contributed by atoms with Crippen molar-refractivity contribution >= 4 is 5.78 Å². The van der Waals surface area contributed by atoms with Gasteiger partial charge in [0.25, 0.3) is 5.56 Å². The third-order valence-electron chi connectivity index (χ3n) is 3.28. The minimum atomic E-state index is -1.95. The van der Waals surface area contributed by atoms with Crippen LogP contribution in [0.25, 0.3) is 0 Å². The average Bonchev–Trinajstić information content (AvgIpc) is 2.72. The second-order valence-electron chi connectivity index (χ2n) is 4.56. The molecule has 0 bridgehead atoms. The Morgan fingerprint density at radius 1 is 1.65 bits per heavy atom. The predicted molar refractivity (Wildman–Crippen MR) is 62.5 cm³/mol. The predicted octanol–water partition coefficient (Wildman–Crippen LogP) is -1.94. The van der Waals surface area contributed by atoms with Gasteiger partial charge in [0, 0.05) is 6.42 Å². The molecule has 1 aromatic heterocycles. The van der Waals surface area contributed by atoms with E-state index in [4.69, 9.17) is 9.84 Å². The van der Waals surface area contributed by atoms with E-state index in [9.17, 15) is 23.9 Å². The lowest BCUT2D eigenvalue weighted by atomic mass is 10.0. The second kappa shape index (κ2) is 4.93. The van der Waals surface area contributed by atoms with Gasteiger partial charge in [-0.1, -0.05) is 0 Å². The van der Waals surface area contributed by atoms with Crippen molar-refractivity contribution < 1.29 is 24.1 Å². The van der Waals surface area contributed by atoms with Crippen LogP contribution in [0.3, 0.4) is 0 Å². The molecule has 3 atom stereocenters. The zero-order valence-corrected chi connectivity index (χ0v) is 10.5. The summed E-state index contributed by atoms with van der Waals surface area (Å²) < 4.78 is 19.2. The van der Waals surface area contributed by atoms with Crippen molar-refractivity contribution in [1.29, 1.82) is 0 Å². The molecule has 2 heterocycles. The lowest BCUT2D eigenvalue weighted by molar-refractivity contribution is -0.160. The van der Waals surface area contributed by atoms with Crippen molar-refractivity contribution in [2.45, 2.75) is 31.3 Å². The van der Waals surface area contributed by atoms with Gasteiger partial charge in [0.05, 0.1) is 18.9 Å². The van der Waals surface area contributed by atoms with E-state index in [1.807, 2.05) is 0 Å². The van der Waals surface area contributed by atoms with Crippen molar-refractivity contribution in [2.24, 2.45) is 0 Å². The van der Waals surface area contributed by atoms with Gasteiger partial charge in [-0.05, 0) is 6.92 Å². The molecular weight excluding hydrogens is 275 g/mol. The van der Waals surface area contributed by atoms with E-state index in [1.165, 1.54) is 0 Å². The van der Waals surface area contributed by atoms with Crippen LogP contribution in [0.1, 0.15) is 13.3 Å². The molecule has 1 aromatic rings. The average molecular weight is 288 g/mol. The monoisotopic (exact) mass is 288 g/mol. The number of aromatic amines is 1. The molecule has 110 valence electrons. The van der Waals surface area contributed by atoms with Crippen LogP contribution in [0, 0.1) is 5.82 Å². The van der Waals surface area contributed by atoms with Crippen LogP contribution in [0.4, 0.5) is 4.39 Å². The van der Waals surface area contributed by atoms with Gasteiger partial charge in [-0.2, -0.15) is 4.39 Å². The van der Waals surface area contributed by atoms with Crippen LogP contribution >= 0.6 is 0 Å². The Balaban J connectivity index is 2.62. The molecule has 1 aliphatic heterocycles. The SMILES string of the molecule is CC(=O)[C@]1(n2cc(F)c(=O)[nH]c2=O)C[C@H](O)[C@@H](CO)O1. The number of halogens is 1. The maximum absolute atomic E-state index is 13.3. The van der Waals surface area contributed by atoms with Crippen molar-refractivity contribution in [1.82, 2.24) is 9.55 Å². The molecule has 0 aliphatic carbocycles. The molecule has 0 radical (unpaired) electrons. The summed E-state index contributed by atoms with van der Waals surface area (Å²) in [5, 5.41) is 18.8. The van der Waals surface area contributed by atoms with Gasteiger partial charge in [-0.3, -0.25) is 19.1 Å². The number of Topliss-reactive ketones (excluding diaryl/α,β-unsaturated/α-hetero) is 1. The Labute approximate surface area is 111 Å². The summed E-state index contributed by atoms with van der Waals surface area (Å²) in [7, 11) is 0. The van der Waals surface area contributed by atoms with E-state index in [2.05, 4.69) is 0 Å². The summed E-state index contributed by atoms with van der Waals surface area (Å²) in [5.74, 6) is -1.93. The molecule has 0 amide bonds. The highest BCUT2D eigenvalue weighted by atomic mass is 19.1. The number of carbonyl (C=O) groups excluding carboxylic acids is 1. The molecule has 1 saturated heterocycles. The smallest absolute Gasteiger partial charge is 0.331 e. The summed E-state index contributed by atoms with van der Waals surface area (Å²) in [5.41, 5.74) is -4.21. The standard InChI is InChI=1S/C11H13FN2O6/c1-5(16)11(2-7(17)8(4-15)20-11)14-3-6(12)9(18)13-10(14)19/h3,7-8,15,17H,2,4H2,1H3,(H,13,18,19)/t7-,8+,11-/m0/s1. The number of hydrogen-bond donors (Lipinski definition) is 3. The lowest BCUT2D eigenvalue weighted by Crippen LogP contribution is -2.49. The maximum Gasteiger partial charge on any atom is 0.331 e. The van der Waals surface area contributed by atoms with Crippen molar-refractivity contribution in [3.63, 3.8) is 0 Å². The molecule has 0 aromatic carbocycles. The fourth-order valence-corrected chi connectivity index (χ4v) is 2.22. The van der Waals surface area contributed by atoms with Crippen molar-refractivity contribution in [3.8, 4) is 0 Å². The molecule has 0 saturated carbocycles. The zero-order chi connectivity index (χ0) is 15.1. The first-order valence-electron chi connectivity index (χ1n) is 5.81. The summed E-state index contributed by atoms with van der Waals surface area (Å²) in [4.78, 5) is 36.3. The van der Waals surface area contributed by atoms with E-state index in [0.717, 1.165) is 6.92 Å². The molecule has 1 aliphatic rings. The first kappa shape index (κ1) is 14.6. The number of rotatable bonds is 3. The van der Waals surface area contributed by atoms with Gasteiger partial charge in [-0.25, -0.2) is 4.79 Å². The number of carbonyl (C=O) groups is 1. The number of aliphatic hydroxyl groups is 2. The highest BCUT2D eigenvalue weighted by molar-refractivity contribution is 5.83. The van der Waals surface area contributed by atoms with Crippen molar-refractivity contribution in [2.75, 3.05) is 6.61 Å². The first-order valence-corrected chi connectivity index (χ1v) is 5.81. The normalized spacial score (nSPS) is 29.6. The third-order valence-corrected chi connectivity index (χ3v) is 3.28. The summed E-state index contributed by atoms with van der Waals surface area (Å²) in [6.07, 6.45) is -2.07. The largest absolute Gasteiger partial charge is 0.394 e. The van der Waals surface area contributed by atoms with E-state index < -0.39 is 47.4 Å². The molecule has 8 nitrogen and oxygen atoms in total. The summed E-state index contributed by atoms with van der Waals surface area (Å²) in [6, 6.07) is 0. The Morgan fingerprint density at radius 3 is 2.80 bits per heavy atom. The highest BCUT2D eigenvalue weighted by Crippen LogP contribution is 2.35. The van der Waals surface area contributed by atoms with Gasteiger partial charge in [0.15, 0.2) is 5.78 Å². The summed E-state index contributed by atoms with van der Waals surface area (Å²) in [6.45, 7) is 0.526. The topological polar surface area (TPSA) is 122 Å². The van der Waals surface area contributed by atoms with Gasteiger partial charge in [-0.15, -0.1) is 0 Å². The Bertz CT molecular complexity index is 653. The van der Waals surface area contributed by atoms with Crippen LogP contribution < -0.4 is 11.2 Å². The minimum absolute atomic E-state index is 0.334. The molecule has 9 heteroatoms. The van der Waals surface area contributed by atoms with Crippen molar-refractivity contribution in [3.05, 3.63) is 32.9 Å². The number of aromatic nitrogens is 2. The Kier molecular flexibility index (Phi) is 3.59. The van der Waals surface area contributed by atoms with Crippen LogP contribution in [-0.2, 0) is 15.3 Å². The number of aliphatic hydroxyl groups excluding tert-OH is 2. The molecule has 3 N–H and O–H groups in total. The van der Waals surface area contributed by atoms with Crippen LogP contribution in [-0.4, -0.2) is 44.4 Å². The number of ether oxygens (including phenoxy) is 1. The number of ketones is 1. The number of nitrogens with one attached hydrogen (secondary N) is 1. The quantitative estimate of drug-likeness (QED) is 0.595. The molecule has 0 spiro atoms. The van der Waals surface area contributed by atoms with Gasteiger partial charge in [0.2, 0.25) is 11.5 Å². The van der Waals surface area contributed by atoms with Gasteiger partial charge in [0.1, 0.15) is 6.10 Å². The molecule has 2 rings (SSSR count). The fraction of sp³-hybridized carbons (Fsp3) is 0.545. The van der Waals surface area contributed by atoms with Gasteiger partial charge < -0.3 is 14.9 Å². The second-order valence-corrected chi connectivity index (χ2v) is 4.56. The summed E-state index contributed by atoms with van der Waals surface area (Å²) >= 11 is 0. The first-order chi connectivity index (χ1) is 9.31. The minimum Gasteiger partial charge on any atom is -0.394 e. The third kappa shape index (κ3) is 2.09. The van der Waals surface area contributed by atoms with E-state index in [-0.39, 0.29) is 6.42 Å². The number of nitrogens with zero attached hydrogens (tertiary/aromatic N) is 1. The molecule has 0 unspecified atom stereocenters.